The summed E-state index contributed by atoms with van der Waals surface area (Å²) >= 11 is 0. The SMILES string of the molecule is COc1ccc(C2(C)NC(=O)N(CC(=O)NCc3ccccc3OC)C2=O)cc1C. The number of ether oxygens (including phenoxy) is 2. The maximum atomic E-state index is 13.0. The fourth-order valence-corrected chi connectivity index (χ4v) is 3.47. The van der Waals surface area contributed by atoms with Crippen molar-refractivity contribution < 1.29 is 23.9 Å². The Morgan fingerprint density at radius 3 is 2.47 bits per heavy atom. The van der Waals surface area contributed by atoms with E-state index < -0.39 is 23.4 Å². The first-order valence-electron chi connectivity index (χ1n) is 9.48. The zero-order valence-electron chi connectivity index (χ0n) is 17.4. The van der Waals surface area contributed by atoms with Gasteiger partial charge in [0.15, 0.2) is 0 Å². The second-order valence-corrected chi connectivity index (χ2v) is 7.22. The first-order valence-corrected chi connectivity index (χ1v) is 9.48. The summed E-state index contributed by atoms with van der Waals surface area (Å²) in [6.07, 6.45) is 0. The smallest absolute Gasteiger partial charge is 0.325 e. The highest BCUT2D eigenvalue weighted by Crippen LogP contribution is 2.31. The molecule has 0 spiro atoms. The minimum Gasteiger partial charge on any atom is -0.496 e. The van der Waals surface area contributed by atoms with Crippen LogP contribution in [0.5, 0.6) is 11.5 Å². The second-order valence-electron chi connectivity index (χ2n) is 7.22. The lowest BCUT2D eigenvalue weighted by Gasteiger charge is -2.23. The number of imide groups is 1. The molecule has 2 N–H and O–H groups in total. The predicted molar refractivity (Wildman–Crippen MR) is 110 cm³/mol. The maximum absolute atomic E-state index is 13.0. The molecule has 1 unspecified atom stereocenters. The number of carbonyl (C=O) groups is 3. The summed E-state index contributed by atoms with van der Waals surface area (Å²) in [6.45, 7) is 3.34. The standard InChI is InChI=1S/C22H25N3O5/c1-14-11-16(9-10-17(14)29-3)22(2)20(27)25(21(28)24-22)13-19(26)23-12-15-7-5-6-8-18(15)30-4/h5-11H,12-13H2,1-4H3,(H,23,26)(H,24,28). The molecule has 158 valence electrons. The number of methoxy groups -OCH3 is 2. The van der Waals surface area contributed by atoms with Gasteiger partial charge in [0.05, 0.1) is 14.2 Å². The lowest BCUT2D eigenvalue weighted by atomic mass is 9.90. The van der Waals surface area contributed by atoms with Crippen molar-refractivity contribution in [3.8, 4) is 11.5 Å². The van der Waals surface area contributed by atoms with Gasteiger partial charge in [0.1, 0.15) is 23.6 Å². The average molecular weight is 411 g/mol. The van der Waals surface area contributed by atoms with Crippen molar-refractivity contribution in [3.05, 3.63) is 59.2 Å². The largest absolute Gasteiger partial charge is 0.496 e. The van der Waals surface area contributed by atoms with Crippen LogP contribution in [0.3, 0.4) is 0 Å². The van der Waals surface area contributed by atoms with Gasteiger partial charge in [-0.2, -0.15) is 0 Å². The molecule has 8 heteroatoms. The van der Waals surface area contributed by atoms with Crippen molar-refractivity contribution in [2.45, 2.75) is 25.9 Å². The predicted octanol–water partition coefficient (Wildman–Crippen LogP) is 2.10. The number of nitrogens with zero attached hydrogens (tertiary/aromatic N) is 1. The number of para-hydroxylation sites is 1. The van der Waals surface area contributed by atoms with Gasteiger partial charge in [-0.15, -0.1) is 0 Å². The number of benzene rings is 2. The second kappa shape index (κ2) is 8.44. The molecular formula is C22H25N3O5. The zero-order chi connectivity index (χ0) is 21.9. The molecule has 0 saturated carbocycles. The number of amides is 4. The quantitative estimate of drug-likeness (QED) is 0.680. The van der Waals surface area contributed by atoms with E-state index in [9.17, 15) is 14.4 Å². The molecule has 0 aliphatic carbocycles. The van der Waals surface area contributed by atoms with Gasteiger partial charge in [0, 0.05) is 12.1 Å². The van der Waals surface area contributed by atoms with Crippen LogP contribution in [0.15, 0.2) is 42.5 Å². The van der Waals surface area contributed by atoms with E-state index in [1.165, 1.54) is 0 Å². The molecule has 2 aromatic carbocycles. The molecule has 0 aromatic heterocycles. The molecule has 1 fully saturated rings. The monoisotopic (exact) mass is 411 g/mol. The molecule has 1 aliphatic heterocycles. The van der Waals surface area contributed by atoms with Crippen LogP contribution in [0.2, 0.25) is 0 Å². The fourth-order valence-electron chi connectivity index (χ4n) is 3.47. The van der Waals surface area contributed by atoms with E-state index in [2.05, 4.69) is 10.6 Å². The van der Waals surface area contributed by atoms with Crippen molar-refractivity contribution in [1.82, 2.24) is 15.5 Å². The average Bonchev–Trinajstić information content (AvgIpc) is 2.96. The molecule has 30 heavy (non-hydrogen) atoms. The molecule has 0 radical (unpaired) electrons. The number of aryl methyl sites for hydroxylation is 1. The number of carbonyl (C=O) groups excluding carboxylic acids is 3. The molecule has 8 nitrogen and oxygen atoms in total. The van der Waals surface area contributed by atoms with Crippen molar-refractivity contribution >= 4 is 17.8 Å². The van der Waals surface area contributed by atoms with Gasteiger partial charge >= 0.3 is 6.03 Å². The van der Waals surface area contributed by atoms with E-state index in [1.807, 2.05) is 25.1 Å². The third-order valence-corrected chi connectivity index (χ3v) is 5.22. The molecule has 4 amide bonds. The summed E-state index contributed by atoms with van der Waals surface area (Å²) in [4.78, 5) is 38.8. The Morgan fingerprint density at radius 1 is 1.10 bits per heavy atom. The summed E-state index contributed by atoms with van der Waals surface area (Å²) in [5, 5.41) is 5.43. The van der Waals surface area contributed by atoms with Crippen molar-refractivity contribution in [1.29, 1.82) is 0 Å². The van der Waals surface area contributed by atoms with E-state index in [0.717, 1.165) is 16.0 Å². The van der Waals surface area contributed by atoms with Gasteiger partial charge in [0.25, 0.3) is 5.91 Å². The Morgan fingerprint density at radius 2 is 1.80 bits per heavy atom. The molecule has 3 rings (SSSR count). The molecule has 1 aliphatic rings. The summed E-state index contributed by atoms with van der Waals surface area (Å²) in [5.41, 5.74) is 1.00. The Hall–Kier alpha value is -3.55. The first-order chi connectivity index (χ1) is 14.3. The number of rotatable bonds is 7. The highest BCUT2D eigenvalue weighted by molar-refractivity contribution is 6.09. The Bertz CT molecular complexity index is 990. The van der Waals surface area contributed by atoms with Crippen LogP contribution in [0.4, 0.5) is 4.79 Å². The summed E-state index contributed by atoms with van der Waals surface area (Å²) in [7, 11) is 3.12. The Labute approximate surface area is 175 Å². The normalized spacial score (nSPS) is 18.2. The lowest BCUT2D eigenvalue weighted by Crippen LogP contribution is -2.43. The van der Waals surface area contributed by atoms with E-state index in [0.29, 0.717) is 17.1 Å². The highest BCUT2D eigenvalue weighted by Gasteiger charge is 2.49. The molecular weight excluding hydrogens is 386 g/mol. The molecule has 1 atom stereocenters. The number of nitrogens with one attached hydrogen (secondary N) is 2. The van der Waals surface area contributed by atoms with Crippen LogP contribution in [0.1, 0.15) is 23.6 Å². The van der Waals surface area contributed by atoms with Gasteiger partial charge in [-0.25, -0.2) is 4.79 Å². The van der Waals surface area contributed by atoms with Crippen LogP contribution in [0, 0.1) is 6.92 Å². The van der Waals surface area contributed by atoms with Crippen molar-refractivity contribution in [3.63, 3.8) is 0 Å². The first kappa shape index (κ1) is 21.2. The van der Waals surface area contributed by atoms with E-state index in [4.69, 9.17) is 9.47 Å². The summed E-state index contributed by atoms with van der Waals surface area (Å²) in [5.74, 6) is 0.408. The minimum absolute atomic E-state index is 0.224. The molecule has 0 bridgehead atoms. The molecule has 2 aromatic rings. The molecule has 1 heterocycles. The van der Waals surface area contributed by atoms with Crippen LogP contribution in [0.25, 0.3) is 0 Å². The number of urea groups is 1. The van der Waals surface area contributed by atoms with E-state index >= 15 is 0 Å². The van der Waals surface area contributed by atoms with Crippen molar-refractivity contribution in [2.75, 3.05) is 20.8 Å². The zero-order valence-corrected chi connectivity index (χ0v) is 17.4. The van der Waals surface area contributed by atoms with Crippen LogP contribution >= 0.6 is 0 Å². The summed E-state index contributed by atoms with van der Waals surface area (Å²) in [6, 6.07) is 12.0. The fraction of sp³-hybridized carbons (Fsp3) is 0.318. The Kier molecular flexibility index (Phi) is 5.96. The highest BCUT2D eigenvalue weighted by atomic mass is 16.5. The van der Waals surface area contributed by atoms with Crippen LogP contribution in [-0.2, 0) is 21.7 Å². The Balaban J connectivity index is 1.70. The lowest BCUT2D eigenvalue weighted by molar-refractivity contribution is -0.134. The third kappa shape index (κ3) is 3.94. The van der Waals surface area contributed by atoms with Crippen LogP contribution < -0.4 is 20.1 Å². The van der Waals surface area contributed by atoms with Gasteiger partial charge in [-0.3, -0.25) is 14.5 Å². The maximum Gasteiger partial charge on any atom is 0.325 e. The summed E-state index contributed by atoms with van der Waals surface area (Å²) < 4.78 is 10.5. The van der Waals surface area contributed by atoms with Crippen LogP contribution in [-0.4, -0.2) is 43.5 Å². The van der Waals surface area contributed by atoms with E-state index in [1.54, 1.807) is 45.4 Å². The number of hydrogen-bond acceptors (Lipinski definition) is 5. The minimum atomic E-state index is -1.25. The molecule has 1 saturated heterocycles. The number of hydrogen-bond donors (Lipinski definition) is 2. The van der Waals surface area contributed by atoms with Gasteiger partial charge < -0.3 is 20.1 Å². The van der Waals surface area contributed by atoms with Gasteiger partial charge in [0.2, 0.25) is 5.91 Å². The third-order valence-electron chi connectivity index (χ3n) is 5.22. The topological polar surface area (TPSA) is 97.0 Å². The van der Waals surface area contributed by atoms with Gasteiger partial charge in [-0.05, 0) is 43.2 Å². The van der Waals surface area contributed by atoms with Gasteiger partial charge in [-0.1, -0.05) is 24.3 Å². The van der Waals surface area contributed by atoms with Crippen molar-refractivity contribution in [2.24, 2.45) is 0 Å². The van der Waals surface area contributed by atoms with E-state index in [-0.39, 0.29) is 13.1 Å².